The van der Waals surface area contributed by atoms with Gasteiger partial charge in [0, 0.05) is 11.7 Å². The van der Waals surface area contributed by atoms with Gasteiger partial charge in [0.25, 0.3) is 0 Å². The van der Waals surface area contributed by atoms with Crippen LogP contribution in [0.2, 0.25) is 0 Å². The molecule has 1 aromatic rings. The van der Waals surface area contributed by atoms with Crippen LogP contribution in [-0.4, -0.2) is 6.04 Å². The molecular formula is C14H20FN. The first-order chi connectivity index (χ1) is 7.79. The van der Waals surface area contributed by atoms with E-state index < -0.39 is 0 Å². The number of hydrogen-bond acceptors (Lipinski definition) is 1. The third-order valence-electron chi connectivity index (χ3n) is 3.61. The minimum absolute atomic E-state index is 0.158. The second-order valence-electron chi connectivity index (χ2n) is 4.71. The molecule has 0 spiro atoms. The Morgan fingerprint density at radius 3 is 2.88 bits per heavy atom. The Kier molecular flexibility index (Phi) is 3.81. The largest absolute Gasteiger partial charge is 0.382 e. The number of nitrogens with one attached hydrogen (secondary N) is 1. The Morgan fingerprint density at radius 1 is 1.31 bits per heavy atom. The molecule has 0 bridgehead atoms. The van der Waals surface area contributed by atoms with Crippen molar-refractivity contribution in [3.05, 3.63) is 30.1 Å². The quantitative estimate of drug-likeness (QED) is 0.806. The fourth-order valence-corrected chi connectivity index (χ4v) is 2.68. The first-order valence-corrected chi connectivity index (χ1v) is 6.31. The van der Waals surface area contributed by atoms with Crippen LogP contribution in [0.1, 0.15) is 39.0 Å². The average Bonchev–Trinajstić information content (AvgIpc) is 2.30. The summed E-state index contributed by atoms with van der Waals surface area (Å²) in [7, 11) is 0. The normalized spacial score (nSPS) is 25.4. The average molecular weight is 221 g/mol. The van der Waals surface area contributed by atoms with Crippen molar-refractivity contribution >= 4 is 5.69 Å². The van der Waals surface area contributed by atoms with E-state index in [0.717, 1.165) is 11.6 Å². The predicted octanol–water partition coefficient (Wildman–Crippen LogP) is 4.21. The number of halogens is 1. The molecule has 2 rings (SSSR count). The lowest BCUT2D eigenvalue weighted by Crippen LogP contribution is -2.31. The standard InChI is InChI=1S/C14H20FN/c1-2-11-6-3-4-9-14(11)16-13-8-5-7-12(15)10-13/h5,7-8,10-11,14,16H,2-4,6,9H2,1H3. The van der Waals surface area contributed by atoms with Crippen LogP contribution >= 0.6 is 0 Å². The molecule has 2 heteroatoms. The third kappa shape index (κ3) is 2.75. The molecule has 2 atom stereocenters. The van der Waals surface area contributed by atoms with Crippen LogP contribution < -0.4 is 5.32 Å². The van der Waals surface area contributed by atoms with Crippen molar-refractivity contribution in [1.82, 2.24) is 0 Å². The smallest absolute Gasteiger partial charge is 0.125 e. The summed E-state index contributed by atoms with van der Waals surface area (Å²) in [6.45, 7) is 2.25. The van der Waals surface area contributed by atoms with Crippen LogP contribution in [-0.2, 0) is 0 Å². The molecule has 16 heavy (non-hydrogen) atoms. The van der Waals surface area contributed by atoms with Gasteiger partial charge in [0.2, 0.25) is 0 Å². The highest BCUT2D eigenvalue weighted by Gasteiger charge is 2.23. The fraction of sp³-hybridized carbons (Fsp3) is 0.571. The molecular weight excluding hydrogens is 201 g/mol. The van der Waals surface area contributed by atoms with Crippen molar-refractivity contribution in [1.29, 1.82) is 0 Å². The molecule has 1 N–H and O–H groups in total. The van der Waals surface area contributed by atoms with E-state index in [2.05, 4.69) is 12.2 Å². The molecule has 0 radical (unpaired) electrons. The van der Waals surface area contributed by atoms with E-state index in [-0.39, 0.29) is 5.82 Å². The van der Waals surface area contributed by atoms with E-state index in [1.165, 1.54) is 38.2 Å². The molecule has 0 saturated heterocycles. The summed E-state index contributed by atoms with van der Waals surface area (Å²) in [6, 6.07) is 7.32. The van der Waals surface area contributed by atoms with E-state index >= 15 is 0 Å². The van der Waals surface area contributed by atoms with Crippen LogP contribution in [0.3, 0.4) is 0 Å². The van der Waals surface area contributed by atoms with Crippen LogP contribution in [0, 0.1) is 11.7 Å². The van der Waals surface area contributed by atoms with Crippen LogP contribution in [0.15, 0.2) is 24.3 Å². The van der Waals surface area contributed by atoms with Gasteiger partial charge in [-0.2, -0.15) is 0 Å². The Balaban J connectivity index is 2.02. The Hall–Kier alpha value is -1.05. The van der Waals surface area contributed by atoms with E-state index in [1.54, 1.807) is 12.1 Å². The SMILES string of the molecule is CCC1CCCCC1Nc1cccc(F)c1. The van der Waals surface area contributed by atoms with Gasteiger partial charge >= 0.3 is 0 Å². The number of rotatable bonds is 3. The van der Waals surface area contributed by atoms with Crippen molar-refractivity contribution in [3.8, 4) is 0 Å². The lowest BCUT2D eigenvalue weighted by atomic mass is 9.83. The topological polar surface area (TPSA) is 12.0 Å². The lowest BCUT2D eigenvalue weighted by molar-refractivity contribution is 0.317. The molecule has 1 nitrogen and oxygen atoms in total. The molecule has 0 aromatic heterocycles. The van der Waals surface area contributed by atoms with Gasteiger partial charge in [-0.25, -0.2) is 4.39 Å². The van der Waals surface area contributed by atoms with Crippen LogP contribution in [0.4, 0.5) is 10.1 Å². The summed E-state index contributed by atoms with van der Waals surface area (Å²) in [6.07, 6.45) is 6.38. The first-order valence-electron chi connectivity index (χ1n) is 6.31. The highest BCUT2D eigenvalue weighted by molar-refractivity contribution is 5.44. The molecule has 1 aliphatic carbocycles. The summed E-state index contributed by atoms with van der Waals surface area (Å²) < 4.78 is 13.1. The third-order valence-corrected chi connectivity index (χ3v) is 3.61. The molecule has 1 aliphatic rings. The zero-order valence-corrected chi connectivity index (χ0v) is 9.88. The maximum atomic E-state index is 13.1. The van der Waals surface area contributed by atoms with Crippen molar-refractivity contribution in [3.63, 3.8) is 0 Å². The van der Waals surface area contributed by atoms with Gasteiger partial charge in [-0.1, -0.05) is 32.3 Å². The second-order valence-corrected chi connectivity index (χ2v) is 4.71. The fourth-order valence-electron chi connectivity index (χ4n) is 2.68. The Bertz CT molecular complexity index is 337. The van der Waals surface area contributed by atoms with Crippen molar-refractivity contribution < 1.29 is 4.39 Å². The van der Waals surface area contributed by atoms with Crippen LogP contribution in [0.25, 0.3) is 0 Å². The van der Waals surface area contributed by atoms with Gasteiger partial charge in [0.1, 0.15) is 5.82 Å². The van der Waals surface area contributed by atoms with Crippen molar-refractivity contribution in [2.45, 2.75) is 45.1 Å². The zero-order valence-electron chi connectivity index (χ0n) is 9.88. The Labute approximate surface area is 97.1 Å². The maximum Gasteiger partial charge on any atom is 0.125 e. The number of hydrogen-bond donors (Lipinski definition) is 1. The minimum atomic E-state index is -0.158. The second kappa shape index (κ2) is 5.33. The molecule has 0 amide bonds. The number of benzene rings is 1. The van der Waals surface area contributed by atoms with Gasteiger partial charge in [0.15, 0.2) is 0 Å². The minimum Gasteiger partial charge on any atom is -0.382 e. The Morgan fingerprint density at radius 2 is 2.12 bits per heavy atom. The lowest BCUT2D eigenvalue weighted by Gasteiger charge is -2.32. The highest BCUT2D eigenvalue weighted by atomic mass is 19.1. The molecule has 1 fully saturated rings. The number of anilines is 1. The van der Waals surface area contributed by atoms with E-state index in [4.69, 9.17) is 0 Å². The predicted molar refractivity (Wildman–Crippen MR) is 66.1 cm³/mol. The van der Waals surface area contributed by atoms with E-state index in [9.17, 15) is 4.39 Å². The summed E-state index contributed by atoms with van der Waals surface area (Å²) in [5, 5.41) is 3.48. The van der Waals surface area contributed by atoms with Gasteiger partial charge in [-0.15, -0.1) is 0 Å². The van der Waals surface area contributed by atoms with Crippen LogP contribution in [0.5, 0.6) is 0 Å². The summed E-state index contributed by atoms with van der Waals surface area (Å²) >= 11 is 0. The monoisotopic (exact) mass is 221 g/mol. The maximum absolute atomic E-state index is 13.1. The van der Waals surface area contributed by atoms with E-state index in [0.29, 0.717) is 6.04 Å². The summed E-state index contributed by atoms with van der Waals surface area (Å²) in [5.74, 6) is 0.589. The van der Waals surface area contributed by atoms with Gasteiger partial charge in [-0.3, -0.25) is 0 Å². The summed E-state index contributed by atoms with van der Waals surface area (Å²) in [4.78, 5) is 0. The van der Waals surface area contributed by atoms with Gasteiger partial charge in [-0.05, 0) is 37.0 Å². The zero-order chi connectivity index (χ0) is 11.4. The molecule has 1 saturated carbocycles. The summed E-state index contributed by atoms with van der Waals surface area (Å²) in [5.41, 5.74) is 0.922. The van der Waals surface area contributed by atoms with Crippen molar-refractivity contribution in [2.24, 2.45) is 5.92 Å². The van der Waals surface area contributed by atoms with Crippen molar-refractivity contribution in [2.75, 3.05) is 5.32 Å². The van der Waals surface area contributed by atoms with Gasteiger partial charge < -0.3 is 5.32 Å². The molecule has 0 heterocycles. The molecule has 88 valence electrons. The van der Waals surface area contributed by atoms with E-state index in [1.807, 2.05) is 6.07 Å². The van der Waals surface area contributed by atoms with Gasteiger partial charge in [0.05, 0.1) is 0 Å². The molecule has 0 aliphatic heterocycles. The molecule has 2 unspecified atom stereocenters. The highest BCUT2D eigenvalue weighted by Crippen LogP contribution is 2.29. The molecule has 1 aromatic carbocycles. The first kappa shape index (κ1) is 11.4.